The topological polar surface area (TPSA) is 60.9 Å². The van der Waals surface area contributed by atoms with E-state index in [0.29, 0.717) is 29.1 Å². The van der Waals surface area contributed by atoms with Gasteiger partial charge < -0.3 is 14.9 Å². The molecular formula is C15H16N2O3. The van der Waals surface area contributed by atoms with E-state index in [-0.39, 0.29) is 24.3 Å². The molecule has 5 heteroatoms. The zero-order valence-electron chi connectivity index (χ0n) is 11.5. The van der Waals surface area contributed by atoms with Gasteiger partial charge in [-0.2, -0.15) is 0 Å². The molecule has 1 aromatic rings. The number of nitrogens with zero attached hydrogens (tertiary/aromatic N) is 2. The third kappa shape index (κ3) is 1.53. The van der Waals surface area contributed by atoms with Crippen LogP contribution in [0.15, 0.2) is 35.7 Å². The predicted octanol–water partition coefficient (Wildman–Crippen LogP) is 0.863. The molecule has 2 aliphatic rings. The van der Waals surface area contributed by atoms with Gasteiger partial charge in [0.15, 0.2) is 0 Å². The largest absolute Gasteiger partial charge is 0.395 e. The van der Waals surface area contributed by atoms with Gasteiger partial charge in [-0.05, 0) is 6.92 Å². The molecule has 0 saturated heterocycles. The number of rotatable bonds is 2. The van der Waals surface area contributed by atoms with Crippen LogP contribution in [0.4, 0.5) is 0 Å². The van der Waals surface area contributed by atoms with Crippen LogP contribution in [0.1, 0.15) is 27.6 Å². The summed E-state index contributed by atoms with van der Waals surface area (Å²) in [7, 11) is 1.80. The van der Waals surface area contributed by atoms with Crippen LogP contribution in [-0.2, 0) is 0 Å². The van der Waals surface area contributed by atoms with Crippen molar-refractivity contribution < 1.29 is 14.7 Å². The Bertz CT molecular complexity index is 636. The number of carbonyl (C=O) groups excluding carboxylic acids is 2. The fourth-order valence-corrected chi connectivity index (χ4v) is 2.93. The summed E-state index contributed by atoms with van der Waals surface area (Å²) in [5, 5.41) is 9.19. The van der Waals surface area contributed by atoms with Gasteiger partial charge in [0.25, 0.3) is 0 Å². The Morgan fingerprint density at radius 3 is 2.20 bits per heavy atom. The lowest BCUT2D eigenvalue weighted by atomic mass is 9.90. The van der Waals surface area contributed by atoms with Crippen molar-refractivity contribution in [2.24, 2.45) is 0 Å². The number of aliphatic hydroxyl groups is 1. The number of benzene rings is 1. The number of ketones is 2. The SMILES string of the molecule is CC1N(C)C2=C(C(=O)c3ccccc3C2=O)N1CCO. The minimum Gasteiger partial charge on any atom is -0.395 e. The molecule has 0 spiro atoms. The van der Waals surface area contributed by atoms with Crippen molar-refractivity contribution in [3.8, 4) is 0 Å². The molecule has 1 atom stereocenters. The first kappa shape index (κ1) is 12.9. The predicted molar refractivity (Wildman–Crippen MR) is 73.1 cm³/mol. The van der Waals surface area contributed by atoms with E-state index >= 15 is 0 Å². The first-order valence-corrected chi connectivity index (χ1v) is 6.61. The van der Waals surface area contributed by atoms with E-state index in [4.69, 9.17) is 0 Å². The number of likely N-dealkylation sites (N-methyl/N-ethyl adjacent to an activating group) is 1. The lowest BCUT2D eigenvalue weighted by molar-refractivity contribution is 0.0942. The molecule has 104 valence electrons. The zero-order valence-corrected chi connectivity index (χ0v) is 11.5. The highest BCUT2D eigenvalue weighted by Crippen LogP contribution is 2.36. The Morgan fingerprint density at radius 1 is 1.10 bits per heavy atom. The fraction of sp³-hybridized carbons (Fsp3) is 0.333. The molecule has 0 aromatic heterocycles. The van der Waals surface area contributed by atoms with Gasteiger partial charge >= 0.3 is 0 Å². The molecule has 20 heavy (non-hydrogen) atoms. The van der Waals surface area contributed by atoms with Gasteiger partial charge in [0.2, 0.25) is 11.6 Å². The summed E-state index contributed by atoms with van der Waals surface area (Å²) in [6.45, 7) is 2.20. The number of carbonyl (C=O) groups is 2. The molecule has 0 amide bonds. The highest BCUT2D eigenvalue weighted by atomic mass is 16.3. The summed E-state index contributed by atoms with van der Waals surface area (Å²) < 4.78 is 0. The molecule has 3 rings (SSSR count). The summed E-state index contributed by atoms with van der Waals surface area (Å²) in [5.74, 6) is -0.259. The maximum atomic E-state index is 12.7. The van der Waals surface area contributed by atoms with Crippen molar-refractivity contribution in [2.75, 3.05) is 20.2 Å². The van der Waals surface area contributed by atoms with Crippen molar-refractivity contribution in [1.29, 1.82) is 0 Å². The Hall–Kier alpha value is -2.14. The average Bonchev–Trinajstić information content (AvgIpc) is 2.71. The average molecular weight is 272 g/mol. The highest BCUT2D eigenvalue weighted by Gasteiger charge is 2.44. The number of aliphatic hydroxyl groups excluding tert-OH is 1. The molecule has 0 saturated carbocycles. The molecular weight excluding hydrogens is 256 g/mol. The van der Waals surface area contributed by atoms with E-state index in [2.05, 4.69) is 0 Å². The van der Waals surface area contributed by atoms with Gasteiger partial charge in [0.1, 0.15) is 11.4 Å². The standard InChI is InChI=1S/C15H16N2O3/c1-9-16(2)12-13(17(9)7-8-18)15(20)11-6-4-3-5-10(11)14(12)19/h3-6,9,18H,7-8H2,1-2H3. The quantitative estimate of drug-likeness (QED) is 0.865. The van der Waals surface area contributed by atoms with Crippen LogP contribution in [0.5, 0.6) is 0 Å². The van der Waals surface area contributed by atoms with E-state index in [9.17, 15) is 14.7 Å². The third-order valence-electron chi connectivity index (χ3n) is 4.06. The van der Waals surface area contributed by atoms with E-state index in [1.54, 1.807) is 41.1 Å². The Balaban J connectivity index is 2.18. The van der Waals surface area contributed by atoms with Crippen LogP contribution in [0, 0.1) is 0 Å². The van der Waals surface area contributed by atoms with E-state index in [1.165, 1.54) is 0 Å². The lowest BCUT2D eigenvalue weighted by Gasteiger charge is -2.28. The van der Waals surface area contributed by atoms with Crippen LogP contribution in [-0.4, -0.2) is 52.8 Å². The summed E-state index contributed by atoms with van der Waals surface area (Å²) in [6, 6.07) is 6.89. The van der Waals surface area contributed by atoms with Gasteiger partial charge in [-0.25, -0.2) is 0 Å². The van der Waals surface area contributed by atoms with E-state index < -0.39 is 0 Å². The molecule has 1 unspecified atom stereocenters. The normalized spacial score (nSPS) is 21.4. The molecule has 0 bridgehead atoms. The second kappa shape index (κ2) is 4.45. The molecule has 1 N–H and O–H groups in total. The van der Waals surface area contributed by atoms with Crippen molar-refractivity contribution in [3.05, 3.63) is 46.8 Å². The van der Waals surface area contributed by atoms with Crippen molar-refractivity contribution in [3.63, 3.8) is 0 Å². The number of hydrogen-bond donors (Lipinski definition) is 1. The van der Waals surface area contributed by atoms with Crippen molar-refractivity contribution in [2.45, 2.75) is 13.1 Å². The number of hydrogen-bond acceptors (Lipinski definition) is 5. The maximum absolute atomic E-state index is 12.7. The van der Waals surface area contributed by atoms with Gasteiger partial charge in [0.05, 0.1) is 12.8 Å². The second-order valence-electron chi connectivity index (χ2n) is 5.06. The van der Waals surface area contributed by atoms with Crippen LogP contribution in [0.3, 0.4) is 0 Å². The Morgan fingerprint density at radius 2 is 1.65 bits per heavy atom. The molecule has 0 radical (unpaired) electrons. The minimum atomic E-state index is -0.139. The molecule has 1 aliphatic heterocycles. The van der Waals surface area contributed by atoms with Crippen molar-refractivity contribution >= 4 is 11.6 Å². The molecule has 0 fully saturated rings. The maximum Gasteiger partial charge on any atom is 0.212 e. The van der Waals surface area contributed by atoms with Crippen LogP contribution >= 0.6 is 0 Å². The Kier molecular flexibility index (Phi) is 2.87. The van der Waals surface area contributed by atoms with Crippen molar-refractivity contribution in [1.82, 2.24) is 9.80 Å². The van der Waals surface area contributed by atoms with Crippen LogP contribution < -0.4 is 0 Å². The zero-order chi connectivity index (χ0) is 14.4. The van der Waals surface area contributed by atoms with Gasteiger partial charge in [0, 0.05) is 24.7 Å². The monoisotopic (exact) mass is 272 g/mol. The molecule has 1 aliphatic carbocycles. The third-order valence-corrected chi connectivity index (χ3v) is 4.06. The Labute approximate surface area is 117 Å². The highest BCUT2D eigenvalue weighted by molar-refractivity contribution is 6.26. The fourth-order valence-electron chi connectivity index (χ4n) is 2.93. The number of fused-ring (bicyclic) bond motifs is 1. The smallest absolute Gasteiger partial charge is 0.212 e. The summed E-state index contributed by atoms with van der Waals surface area (Å²) in [5.41, 5.74) is 1.76. The number of Topliss-reactive ketones (excluding diaryl/α,β-unsaturated/α-hetero) is 2. The molecule has 1 aromatic carbocycles. The minimum absolute atomic E-state index is 0.0575. The van der Waals surface area contributed by atoms with E-state index in [0.717, 1.165) is 0 Å². The lowest BCUT2D eigenvalue weighted by Crippen LogP contribution is -2.38. The molecule has 5 nitrogen and oxygen atoms in total. The summed E-state index contributed by atoms with van der Waals surface area (Å²) in [4.78, 5) is 28.9. The van der Waals surface area contributed by atoms with Crippen LogP contribution in [0.2, 0.25) is 0 Å². The first-order chi connectivity index (χ1) is 9.57. The van der Waals surface area contributed by atoms with Gasteiger partial charge in [-0.1, -0.05) is 24.3 Å². The second-order valence-corrected chi connectivity index (χ2v) is 5.06. The first-order valence-electron chi connectivity index (χ1n) is 6.61. The van der Waals surface area contributed by atoms with Gasteiger partial charge in [-0.3, -0.25) is 9.59 Å². The summed E-state index contributed by atoms with van der Waals surface area (Å²) >= 11 is 0. The summed E-state index contributed by atoms with van der Waals surface area (Å²) in [6.07, 6.45) is -0.116. The van der Waals surface area contributed by atoms with Crippen LogP contribution in [0.25, 0.3) is 0 Å². The molecule has 1 heterocycles. The number of β-amino-alcohol motifs (C(OH)–C–C–N with tert-alkyl or cyclic N) is 1. The van der Waals surface area contributed by atoms with Gasteiger partial charge in [-0.15, -0.1) is 0 Å². The van der Waals surface area contributed by atoms with E-state index in [1.807, 2.05) is 6.92 Å². The number of allylic oxidation sites excluding steroid dienone is 2.